The van der Waals surface area contributed by atoms with E-state index in [4.69, 9.17) is 0 Å². The first kappa shape index (κ1) is 14.9. The Labute approximate surface area is 125 Å². The van der Waals surface area contributed by atoms with E-state index >= 15 is 0 Å². The number of rotatable bonds is 5. The van der Waals surface area contributed by atoms with E-state index in [0.29, 0.717) is 5.69 Å². The summed E-state index contributed by atoms with van der Waals surface area (Å²) in [5, 5.41) is 23.1. The number of nitro benzene ring substituents is 1. The Balaban J connectivity index is 2.50. The van der Waals surface area contributed by atoms with Crippen molar-refractivity contribution >= 4 is 34.8 Å². The average Bonchev–Trinajstić information content (AvgIpc) is 2.47. The standard InChI is InChI=1S/C14H12N2O4S/c1-21-10-5-2-4-9(8-10)15-13-11(14(17)18)6-3-7-12(13)16(19)20/h2-8,15H,1H3,(H,17,18). The number of thioether (sulfide) groups is 1. The minimum atomic E-state index is -1.22. The number of hydrogen-bond acceptors (Lipinski definition) is 5. The fourth-order valence-electron chi connectivity index (χ4n) is 1.85. The first-order valence-corrected chi connectivity index (χ1v) is 7.17. The van der Waals surface area contributed by atoms with Crippen LogP contribution in [-0.2, 0) is 0 Å². The molecule has 0 radical (unpaired) electrons. The smallest absolute Gasteiger partial charge is 0.338 e. The second-order valence-electron chi connectivity index (χ2n) is 4.12. The van der Waals surface area contributed by atoms with E-state index in [0.717, 1.165) is 4.90 Å². The molecule has 0 spiro atoms. The summed E-state index contributed by atoms with van der Waals surface area (Å²) in [5.41, 5.74) is 0.162. The number of nitro groups is 1. The molecule has 0 amide bonds. The van der Waals surface area contributed by atoms with Gasteiger partial charge in [0.15, 0.2) is 0 Å². The van der Waals surface area contributed by atoms with Crippen molar-refractivity contribution in [2.45, 2.75) is 4.90 Å². The highest BCUT2D eigenvalue weighted by Gasteiger charge is 2.21. The van der Waals surface area contributed by atoms with Crippen molar-refractivity contribution in [1.29, 1.82) is 0 Å². The molecule has 2 N–H and O–H groups in total. The molecule has 0 saturated heterocycles. The Morgan fingerprint density at radius 3 is 2.62 bits per heavy atom. The van der Waals surface area contributed by atoms with Crippen LogP contribution < -0.4 is 5.32 Å². The lowest BCUT2D eigenvalue weighted by atomic mass is 10.1. The zero-order valence-electron chi connectivity index (χ0n) is 11.1. The number of carbonyl (C=O) groups is 1. The molecule has 0 heterocycles. The number of nitrogens with one attached hydrogen (secondary N) is 1. The Morgan fingerprint density at radius 1 is 1.29 bits per heavy atom. The molecule has 7 heteroatoms. The fourth-order valence-corrected chi connectivity index (χ4v) is 2.31. The van der Waals surface area contributed by atoms with Gasteiger partial charge in [-0.1, -0.05) is 12.1 Å². The summed E-state index contributed by atoms with van der Waals surface area (Å²) in [6, 6.07) is 11.2. The molecule has 6 nitrogen and oxygen atoms in total. The lowest BCUT2D eigenvalue weighted by Crippen LogP contribution is -2.05. The van der Waals surface area contributed by atoms with Crippen molar-refractivity contribution < 1.29 is 14.8 Å². The Morgan fingerprint density at radius 2 is 2.00 bits per heavy atom. The predicted octanol–water partition coefficient (Wildman–Crippen LogP) is 3.76. The number of carboxylic acid groups (broad SMARTS) is 1. The largest absolute Gasteiger partial charge is 0.478 e. The van der Waals surface area contributed by atoms with Crippen molar-refractivity contribution in [3.05, 3.63) is 58.1 Å². The summed E-state index contributed by atoms with van der Waals surface area (Å²) in [6.07, 6.45) is 1.91. The second kappa shape index (κ2) is 6.27. The number of nitrogens with zero attached hydrogens (tertiary/aromatic N) is 1. The van der Waals surface area contributed by atoms with E-state index in [9.17, 15) is 20.0 Å². The van der Waals surface area contributed by atoms with Crippen LogP contribution in [0.15, 0.2) is 47.4 Å². The third-order valence-electron chi connectivity index (χ3n) is 2.81. The summed E-state index contributed by atoms with van der Waals surface area (Å²) in [4.78, 5) is 22.7. The molecule has 0 atom stereocenters. The lowest BCUT2D eigenvalue weighted by Gasteiger charge is -2.10. The second-order valence-corrected chi connectivity index (χ2v) is 5.00. The van der Waals surface area contributed by atoms with Gasteiger partial charge in [0.05, 0.1) is 10.5 Å². The van der Waals surface area contributed by atoms with Crippen LogP contribution in [0.25, 0.3) is 0 Å². The molecule has 0 aromatic heterocycles. The van der Waals surface area contributed by atoms with Gasteiger partial charge in [0.2, 0.25) is 0 Å². The van der Waals surface area contributed by atoms with Crippen LogP contribution in [0.2, 0.25) is 0 Å². The van der Waals surface area contributed by atoms with Gasteiger partial charge in [-0.05, 0) is 30.5 Å². The van der Waals surface area contributed by atoms with Gasteiger partial charge in [0, 0.05) is 16.6 Å². The highest BCUT2D eigenvalue weighted by molar-refractivity contribution is 7.98. The summed E-state index contributed by atoms with van der Waals surface area (Å²) < 4.78 is 0. The molecule has 2 rings (SSSR count). The van der Waals surface area contributed by atoms with Crippen LogP contribution in [0, 0.1) is 10.1 Å². The number of carboxylic acids is 1. The van der Waals surface area contributed by atoms with Crippen molar-refractivity contribution in [1.82, 2.24) is 0 Å². The molecular formula is C14H12N2O4S. The maximum atomic E-state index is 11.2. The Bertz CT molecular complexity index is 671. The maximum absolute atomic E-state index is 11.2. The number of para-hydroxylation sites is 1. The minimum absolute atomic E-state index is 0.0201. The number of benzene rings is 2. The highest BCUT2D eigenvalue weighted by Crippen LogP contribution is 2.32. The van der Waals surface area contributed by atoms with Gasteiger partial charge in [0.25, 0.3) is 5.69 Å². The first-order valence-electron chi connectivity index (χ1n) is 5.94. The molecule has 0 aliphatic heterocycles. The highest BCUT2D eigenvalue weighted by atomic mass is 32.2. The molecule has 0 saturated carbocycles. The zero-order valence-corrected chi connectivity index (χ0v) is 11.9. The van der Waals surface area contributed by atoms with Crippen LogP contribution in [-0.4, -0.2) is 22.3 Å². The van der Waals surface area contributed by atoms with Crippen LogP contribution in [0.5, 0.6) is 0 Å². The SMILES string of the molecule is CSc1cccc(Nc2c(C(=O)O)cccc2[N+](=O)[O-])c1. The third-order valence-corrected chi connectivity index (χ3v) is 3.53. The van der Waals surface area contributed by atoms with E-state index in [1.165, 1.54) is 30.0 Å². The average molecular weight is 304 g/mol. The molecule has 0 unspecified atom stereocenters. The van der Waals surface area contributed by atoms with E-state index in [2.05, 4.69) is 5.32 Å². The molecule has 21 heavy (non-hydrogen) atoms. The van der Waals surface area contributed by atoms with Crippen molar-refractivity contribution in [2.24, 2.45) is 0 Å². The topological polar surface area (TPSA) is 92.5 Å². The van der Waals surface area contributed by atoms with Crippen molar-refractivity contribution in [3.8, 4) is 0 Å². The Kier molecular flexibility index (Phi) is 4.44. The van der Waals surface area contributed by atoms with Crippen LogP contribution in [0.4, 0.5) is 17.1 Å². The van der Waals surface area contributed by atoms with Gasteiger partial charge in [0.1, 0.15) is 5.69 Å². The summed E-state index contributed by atoms with van der Waals surface area (Å²) >= 11 is 1.52. The third kappa shape index (κ3) is 3.32. The van der Waals surface area contributed by atoms with Gasteiger partial charge < -0.3 is 10.4 Å². The van der Waals surface area contributed by atoms with E-state index < -0.39 is 10.9 Å². The molecule has 0 aliphatic carbocycles. The molecule has 2 aromatic rings. The summed E-state index contributed by atoms with van der Waals surface area (Å²) in [6.45, 7) is 0. The van der Waals surface area contributed by atoms with Crippen LogP contribution in [0.1, 0.15) is 10.4 Å². The van der Waals surface area contributed by atoms with Crippen molar-refractivity contribution in [2.75, 3.05) is 11.6 Å². The summed E-state index contributed by atoms with van der Waals surface area (Å²) in [7, 11) is 0. The number of aromatic carboxylic acids is 1. The van der Waals surface area contributed by atoms with Gasteiger partial charge in [-0.25, -0.2) is 4.79 Å². The van der Waals surface area contributed by atoms with Gasteiger partial charge in [-0.2, -0.15) is 0 Å². The molecule has 108 valence electrons. The molecular weight excluding hydrogens is 292 g/mol. The number of hydrogen-bond donors (Lipinski definition) is 2. The van der Waals surface area contributed by atoms with Crippen LogP contribution >= 0.6 is 11.8 Å². The maximum Gasteiger partial charge on any atom is 0.338 e. The lowest BCUT2D eigenvalue weighted by molar-refractivity contribution is -0.383. The summed E-state index contributed by atoms with van der Waals surface area (Å²) in [5.74, 6) is -1.22. The van der Waals surface area contributed by atoms with Gasteiger partial charge in [-0.15, -0.1) is 11.8 Å². The van der Waals surface area contributed by atoms with E-state index in [1.807, 2.05) is 12.3 Å². The van der Waals surface area contributed by atoms with Gasteiger partial charge in [-0.3, -0.25) is 10.1 Å². The molecule has 0 bridgehead atoms. The first-order chi connectivity index (χ1) is 10.0. The predicted molar refractivity (Wildman–Crippen MR) is 81.6 cm³/mol. The van der Waals surface area contributed by atoms with Crippen LogP contribution in [0.3, 0.4) is 0 Å². The Hall–Kier alpha value is -2.54. The molecule has 0 aliphatic rings. The molecule has 0 fully saturated rings. The quantitative estimate of drug-likeness (QED) is 0.496. The monoisotopic (exact) mass is 304 g/mol. The normalized spacial score (nSPS) is 10.1. The zero-order chi connectivity index (χ0) is 15.4. The van der Waals surface area contributed by atoms with Gasteiger partial charge >= 0.3 is 5.97 Å². The molecule has 2 aromatic carbocycles. The number of anilines is 2. The van der Waals surface area contributed by atoms with E-state index in [1.54, 1.807) is 18.2 Å². The van der Waals surface area contributed by atoms with Crippen molar-refractivity contribution in [3.63, 3.8) is 0 Å². The van der Waals surface area contributed by atoms with E-state index in [-0.39, 0.29) is 16.9 Å². The minimum Gasteiger partial charge on any atom is -0.478 e. The fraction of sp³-hybridized carbons (Fsp3) is 0.0714.